The van der Waals surface area contributed by atoms with E-state index in [2.05, 4.69) is 0 Å². The minimum absolute atomic E-state index is 0.0151. The molecule has 2 aromatic carbocycles. The van der Waals surface area contributed by atoms with Crippen LogP contribution in [0.25, 0.3) is 0 Å². The SMILES string of the molecule is CCN(C(=O)CCOc1ccc([N+](=O)[O-])cc1)C(C)c1ccc(F)cc1. The number of benzene rings is 2. The first-order chi connectivity index (χ1) is 12.4. The molecule has 1 atom stereocenters. The van der Waals surface area contributed by atoms with E-state index in [-0.39, 0.29) is 36.5 Å². The lowest BCUT2D eigenvalue weighted by Crippen LogP contribution is -2.34. The van der Waals surface area contributed by atoms with Gasteiger partial charge in [0.05, 0.1) is 24.0 Å². The Balaban J connectivity index is 1.90. The van der Waals surface area contributed by atoms with Crippen LogP contribution < -0.4 is 4.74 Å². The Morgan fingerprint density at radius 1 is 1.19 bits per heavy atom. The van der Waals surface area contributed by atoms with Crippen molar-refractivity contribution in [1.29, 1.82) is 0 Å². The average Bonchev–Trinajstić information content (AvgIpc) is 2.63. The maximum Gasteiger partial charge on any atom is 0.269 e. The van der Waals surface area contributed by atoms with Gasteiger partial charge in [-0.3, -0.25) is 14.9 Å². The summed E-state index contributed by atoms with van der Waals surface area (Å²) in [6, 6.07) is 11.6. The molecule has 26 heavy (non-hydrogen) atoms. The lowest BCUT2D eigenvalue weighted by molar-refractivity contribution is -0.384. The standard InChI is InChI=1S/C19H21FN2O4/c1-3-21(14(2)15-4-6-16(20)7-5-15)19(23)12-13-26-18-10-8-17(9-11-18)22(24)25/h4-11,14H,3,12-13H2,1-2H3. The van der Waals surface area contributed by atoms with E-state index in [0.29, 0.717) is 12.3 Å². The van der Waals surface area contributed by atoms with Gasteiger partial charge in [-0.15, -0.1) is 0 Å². The van der Waals surface area contributed by atoms with E-state index in [1.54, 1.807) is 17.0 Å². The lowest BCUT2D eigenvalue weighted by Gasteiger charge is -2.28. The van der Waals surface area contributed by atoms with Gasteiger partial charge in [0, 0.05) is 18.7 Å². The van der Waals surface area contributed by atoms with Crippen molar-refractivity contribution in [2.24, 2.45) is 0 Å². The summed E-state index contributed by atoms with van der Waals surface area (Å²) < 4.78 is 18.5. The van der Waals surface area contributed by atoms with Crippen molar-refractivity contribution in [2.45, 2.75) is 26.3 Å². The molecule has 0 spiro atoms. The highest BCUT2D eigenvalue weighted by Gasteiger charge is 2.19. The van der Waals surface area contributed by atoms with Crippen LogP contribution >= 0.6 is 0 Å². The van der Waals surface area contributed by atoms with Crippen LogP contribution in [0.2, 0.25) is 0 Å². The van der Waals surface area contributed by atoms with E-state index in [1.165, 1.54) is 36.4 Å². The molecule has 0 N–H and O–H groups in total. The van der Waals surface area contributed by atoms with Crippen molar-refractivity contribution in [3.05, 3.63) is 70.0 Å². The van der Waals surface area contributed by atoms with Crippen LogP contribution in [0, 0.1) is 15.9 Å². The van der Waals surface area contributed by atoms with Crippen LogP contribution in [0.3, 0.4) is 0 Å². The summed E-state index contributed by atoms with van der Waals surface area (Å²) in [4.78, 5) is 24.3. The largest absolute Gasteiger partial charge is 0.493 e. The van der Waals surface area contributed by atoms with Gasteiger partial charge in [-0.25, -0.2) is 4.39 Å². The van der Waals surface area contributed by atoms with E-state index in [4.69, 9.17) is 4.74 Å². The predicted molar refractivity (Wildman–Crippen MR) is 95.4 cm³/mol. The fraction of sp³-hybridized carbons (Fsp3) is 0.316. The minimum Gasteiger partial charge on any atom is -0.493 e. The van der Waals surface area contributed by atoms with Gasteiger partial charge in [0.1, 0.15) is 11.6 Å². The van der Waals surface area contributed by atoms with Crippen molar-refractivity contribution in [1.82, 2.24) is 4.90 Å². The summed E-state index contributed by atoms with van der Waals surface area (Å²) in [5.74, 6) is 0.0797. The molecule has 2 rings (SSSR count). The first-order valence-corrected chi connectivity index (χ1v) is 8.34. The highest BCUT2D eigenvalue weighted by Crippen LogP contribution is 2.22. The molecule has 138 valence electrons. The Morgan fingerprint density at radius 3 is 2.35 bits per heavy atom. The summed E-state index contributed by atoms with van der Waals surface area (Å²) in [7, 11) is 0. The normalized spacial score (nSPS) is 11.7. The molecule has 0 fully saturated rings. The van der Waals surface area contributed by atoms with E-state index in [0.717, 1.165) is 5.56 Å². The highest BCUT2D eigenvalue weighted by atomic mass is 19.1. The molecule has 0 aliphatic carbocycles. The minimum atomic E-state index is -0.483. The van der Waals surface area contributed by atoms with Gasteiger partial charge in [-0.1, -0.05) is 12.1 Å². The number of nitrogens with zero attached hydrogens (tertiary/aromatic N) is 2. The Labute approximate surface area is 151 Å². The smallest absolute Gasteiger partial charge is 0.269 e. The molecule has 0 saturated heterocycles. The van der Waals surface area contributed by atoms with Gasteiger partial charge >= 0.3 is 0 Å². The van der Waals surface area contributed by atoms with Crippen molar-refractivity contribution in [2.75, 3.05) is 13.2 Å². The number of hydrogen-bond acceptors (Lipinski definition) is 4. The molecule has 0 heterocycles. The molecule has 7 heteroatoms. The summed E-state index contributed by atoms with van der Waals surface area (Å²) in [5, 5.41) is 10.6. The first kappa shape index (κ1) is 19.4. The number of ether oxygens (including phenoxy) is 1. The van der Waals surface area contributed by atoms with Crippen LogP contribution in [0.4, 0.5) is 10.1 Å². The van der Waals surface area contributed by atoms with Gasteiger partial charge in [0.2, 0.25) is 5.91 Å². The summed E-state index contributed by atoms with van der Waals surface area (Å²) in [6.45, 7) is 4.47. The molecule has 0 radical (unpaired) electrons. The number of rotatable bonds is 8. The van der Waals surface area contributed by atoms with Crippen LogP contribution in [-0.4, -0.2) is 28.9 Å². The average molecular weight is 360 g/mol. The van der Waals surface area contributed by atoms with E-state index >= 15 is 0 Å². The zero-order chi connectivity index (χ0) is 19.1. The maximum atomic E-state index is 13.1. The molecule has 0 aliphatic heterocycles. The summed E-state index contributed by atoms with van der Waals surface area (Å²) in [6.07, 6.45) is 0.177. The molecule has 0 saturated carbocycles. The monoisotopic (exact) mass is 360 g/mol. The molecular weight excluding hydrogens is 339 g/mol. The Bertz CT molecular complexity index is 747. The van der Waals surface area contributed by atoms with Gasteiger partial charge in [0.15, 0.2) is 0 Å². The Morgan fingerprint density at radius 2 is 1.81 bits per heavy atom. The van der Waals surface area contributed by atoms with E-state index < -0.39 is 4.92 Å². The predicted octanol–water partition coefficient (Wildman–Crippen LogP) is 4.11. The number of carbonyl (C=O) groups excluding carboxylic acids is 1. The molecular formula is C19H21FN2O4. The molecule has 0 bridgehead atoms. The number of carbonyl (C=O) groups is 1. The van der Waals surface area contributed by atoms with Gasteiger partial charge in [-0.05, 0) is 43.7 Å². The van der Waals surface area contributed by atoms with Crippen molar-refractivity contribution in [3.63, 3.8) is 0 Å². The van der Waals surface area contributed by atoms with Crippen LogP contribution in [0.5, 0.6) is 5.75 Å². The third kappa shape index (κ3) is 5.02. The second-order valence-corrected chi connectivity index (χ2v) is 5.76. The third-order valence-corrected chi connectivity index (χ3v) is 4.11. The maximum absolute atomic E-state index is 13.1. The highest BCUT2D eigenvalue weighted by molar-refractivity contribution is 5.76. The Kier molecular flexibility index (Phi) is 6.66. The van der Waals surface area contributed by atoms with Crippen LogP contribution in [0.15, 0.2) is 48.5 Å². The fourth-order valence-electron chi connectivity index (χ4n) is 2.65. The van der Waals surface area contributed by atoms with Gasteiger partial charge in [-0.2, -0.15) is 0 Å². The number of nitro benzene ring substituents is 1. The second kappa shape index (κ2) is 8.94. The fourth-order valence-corrected chi connectivity index (χ4v) is 2.65. The quantitative estimate of drug-likeness (QED) is 0.524. The topological polar surface area (TPSA) is 72.7 Å². The number of non-ortho nitro benzene ring substituents is 1. The van der Waals surface area contributed by atoms with Gasteiger partial charge < -0.3 is 9.64 Å². The summed E-state index contributed by atoms with van der Waals surface area (Å²) >= 11 is 0. The first-order valence-electron chi connectivity index (χ1n) is 8.34. The van der Waals surface area contributed by atoms with Crippen LogP contribution in [0.1, 0.15) is 31.9 Å². The second-order valence-electron chi connectivity index (χ2n) is 5.76. The van der Waals surface area contributed by atoms with Crippen molar-refractivity contribution < 1.29 is 18.8 Å². The molecule has 2 aromatic rings. The Hall–Kier alpha value is -2.96. The lowest BCUT2D eigenvalue weighted by atomic mass is 10.1. The van der Waals surface area contributed by atoms with Crippen molar-refractivity contribution in [3.8, 4) is 5.75 Å². The number of amides is 1. The van der Waals surface area contributed by atoms with E-state index in [1.807, 2.05) is 13.8 Å². The zero-order valence-corrected chi connectivity index (χ0v) is 14.7. The number of halogens is 1. The van der Waals surface area contributed by atoms with Crippen molar-refractivity contribution >= 4 is 11.6 Å². The number of hydrogen-bond donors (Lipinski definition) is 0. The molecule has 1 amide bonds. The zero-order valence-electron chi connectivity index (χ0n) is 14.7. The van der Waals surface area contributed by atoms with E-state index in [9.17, 15) is 19.3 Å². The molecule has 1 unspecified atom stereocenters. The third-order valence-electron chi connectivity index (χ3n) is 4.11. The molecule has 0 aromatic heterocycles. The number of nitro groups is 1. The van der Waals surface area contributed by atoms with Crippen LogP contribution in [-0.2, 0) is 4.79 Å². The molecule has 6 nitrogen and oxygen atoms in total. The molecule has 0 aliphatic rings. The summed E-state index contributed by atoms with van der Waals surface area (Å²) in [5.41, 5.74) is 0.844. The van der Waals surface area contributed by atoms with Gasteiger partial charge in [0.25, 0.3) is 5.69 Å².